The number of piperazine rings is 1. The van der Waals surface area contributed by atoms with Gasteiger partial charge in [-0.25, -0.2) is 9.37 Å². The molecule has 0 radical (unpaired) electrons. The van der Waals surface area contributed by atoms with E-state index < -0.39 is 0 Å². The largest absolute Gasteiger partial charge is 0.366 e. The average molecular weight is 340 g/mol. The molecule has 1 aromatic carbocycles. The van der Waals surface area contributed by atoms with Crippen LogP contribution in [0.4, 0.5) is 15.9 Å². The van der Waals surface area contributed by atoms with E-state index in [1.165, 1.54) is 6.07 Å². The SMILES string of the molecule is Fc1ccccc1N1CCN(c2cncc(-c3ccsc3)n2)CC1. The van der Waals surface area contributed by atoms with Gasteiger partial charge in [0, 0.05) is 37.1 Å². The number of rotatable bonds is 3. The number of aromatic nitrogens is 2. The molecule has 2 aromatic heterocycles. The van der Waals surface area contributed by atoms with E-state index in [2.05, 4.69) is 26.2 Å². The van der Waals surface area contributed by atoms with Crippen LogP contribution >= 0.6 is 11.3 Å². The van der Waals surface area contributed by atoms with E-state index in [1.807, 2.05) is 17.5 Å². The zero-order valence-electron chi connectivity index (χ0n) is 13.1. The molecule has 4 rings (SSSR count). The summed E-state index contributed by atoms with van der Waals surface area (Å²) in [5.74, 6) is 0.720. The van der Waals surface area contributed by atoms with E-state index >= 15 is 0 Å². The lowest BCUT2D eigenvalue weighted by molar-refractivity contribution is 0.596. The minimum absolute atomic E-state index is 0.162. The molecule has 0 spiro atoms. The van der Waals surface area contributed by atoms with E-state index in [1.54, 1.807) is 29.8 Å². The van der Waals surface area contributed by atoms with Crippen LogP contribution in [0, 0.1) is 5.82 Å². The molecule has 0 unspecified atom stereocenters. The van der Waals surface area contributed by atoms with Crippen LogP contribution in [0.2, 0.25) is 0 Å². The molecule has 1 aliphatic rings. The molecule has 3 heterocycles. The predicted octanol–water partition coefficient (Wildman–Crippen LogP) is 3.67. The highest BCUT2D eigenvalue weighted by atomic mass is 32.1. The number of halogens is 1. The van der Waals surface area contributed by atoms with Gasteiger partial charge in [-0.05, 0) is 23.6 Å². The fourth-order valence-electron chi connectivity index (χ4n) is 2.94. The van der Waals surface area contributed by atoms with Crippen molar-refractivity contribution in [3.8, 4) is 11.3 Å². The van der Waals surface area contributed by atoms with Crippen molar-refractivity contribution in [2.24, 2.45) is 0 Å². The normalized spacial score (nSPS) is 14.9. The van der Waals surface area contributed by atoms with Crippen molar-refractivity contribution >= 4 is 22.8 Å². The first-order valence-electron chi connectivity index (χ1n) is 7.90. The summed E-state index contributed by atoms with van der Waals surface area (Å²) < 4.78 is 13.9. The van der Waals surface area contributed by atoms with Gasteiger partial charge in [-0.3, -0.25) is 4.98 Å². The van der Waals surface area contributed by atoms with Gasteiger partial charge in [0.1, 0.15) is 11.6 Å². The second-order valence-electron chi connectivity index (χ2n) is 5.70. The number of hydrogen-bond donors (Lipinski definition) is 0. The quantitative estimate of drug-likeness (QED) is 0.728. The number of nitrogens with zero attached hydrogens (tertiary/aromatic N) is 4. The van der Waals surface area contributed by atoms with Crippen molar-refractivity contribution in [3.05, 3.63) is 59.3 Å². The Hall–Kier alpha value is -2.47. The van der Waals surface area contributed by atoms with E-state index in [9.17, 15) is 4.39 Å². The number of thiophene rings is 1. The third-order valence-corrected chi connectivity index (χ3v) is 4.92. The summed E-state index contributed by atoms with van der Waals surface area (Å²) in [4.78, 5) is 13.4. The van der Waals surface area contributed by atoms with Crippen molar-refractivity contribution in [2.45, 2.75) is 0 Å². The zero-order valence-corrected chi connectivity index (χ0v) is 13.9. The molecule has 1 saturated heterocycles. The number of anilines is 2. The summed E-state index contributed by atoms with van der Waals surface area (Å²) in [5, 5.41) is 4.11. The minimum atomic E-state index is -0.162. The zero-order chi connectivity index (χ0) is 16.4. The first-order valence-corrected chi connectivity index (χ1v) is 8.84. The van der Waals surface area contributed by atoms with Gasteiger partial charge < -0.3 is 9.80 Å². The maximum Gasteiger partial charge on any atom is 0.147 e. The van der Waals surface area contributed by atoms with Crippen molar-refractivity contribution in [3.63, 3.8) is 0 Å². The Morgan fingerprint density at radius 1 is 0.958 bits per heavy atom. The third kappa shape index (κ3) is 2.97. The van der Waals surface area contributed by atoms with Gasteiger partial charge in [-0.1, -0.05) is 12.1 Å². The van der Waals surface area contributed by atoms with E-state index in [4.69, 9.17) is 4.98 Å². The monoisotopic (exact) mass is 340 g/mol. The highest BCUT2D eigenvalue weighted by Crippen LogP contribution is 2.24. The highest BCUT2D eigenvalue weighted by molar-refractivity contribution is 7.08. The molecule has 24 heavy (non-hydrogen) atoms. The average Bonchev–Trinajstić information content (AvgIpc) is 3.17. The van der Waals surface area contributed by atoms with Crippen LogP contribution in [-0.4, -0.2) is 36.1 Å². The predicted molar refractivity (Wildman–Crippen MR) is 96.2 cm³/mol. The lowest BCUT2D eigenvalue weighted by atomic mass is 10.2. The van der Waals surface area contributed by atoms with Gasteiger partial charge in [0.05, 0.1) is 23.8 Å². The van der Waals surface area contributed by atoms with E-state index in [-0.39, 0.29) is 5.82 Å². The molecule has 6 heteroatoms. The van der Waals surface area contributed by atoms with Crippen molar-refractivity contribution in [1.29, 1.82) is 0 Å². The maximum atomic E-state index is 13.9. The molecule has 1 aliphatic heterocycles. The molecule has 4 nitrogen and oxygen atoms in total. The lowest BCUT2D eigenvalue weighted by Gasteiger charge is -2.36. The Kier molecular flexibility index (Phi) is 4.13. The minimum Gasteiger partial charge on any atom is -0.366 e. The van der Waals surface area contributed by atoms with Gasteiger partial charge in [-0.2, -0.15) is 11.3 Å². The molecule has 1 fully saturated rings. The van der Waals surface area contributed by atoms with Crippen LogP contribution in [0.25, 0.3) is 11.3 Å². The lowest BCUT2D eigenvalue weighted by Crippen LogP contribution is -2.47. The van der Waals surface area contributed by atoms with Crippen molar-refractivity contribution in [2.75, 3.05) is 36.0 Å². The van der Waals surface area contributed by atoms with Gasteiger partial charge in [0.25, 0.3) is 0 Å². The molecule has 3 aromatic rings. The smallest absolute Gasteiger partial charge is 0.147 e. The molecular formula is C18H17FN4S. The Bertz CT molecular complexity index is 813. The van der Waals surface area contributed by atoms with Crippen LogP contribution < -0.4 is 9.80 Å². The fourth-order valence-corrected chi connectivity index (χ4v) is 3.59. The summed E-state index contributed by atoms with van der Waals surface area (Å²) in [7, 11) is 0. The fraction of sp³-hybridized carbons (Fsp3) is 0.222. The highest BCUT2D eigenvalue weighted by Gasteiger charge is 2.20. The Balaban J connectivity index is 1.48. The molecule has 0 N–H and O–H groups in total. The summed E-state index contributed by atoms with van der Waals surface area (Å²) in [6, 6.07) is 9.00. The Labute approximate surface area is 144 Å². The molecule has 0 aliphatic carbocycles. The molecule has 122 valence electrons. The molecule has 0 amide bonds. The summed E-state index contributed by atoms with van der Waals surface area (Å²) in [6.45, 7) is 3.14. The number of para-hydroxylation sites is 1. The topological polar surface area (TPSA) is 32.3 Å². The van der Waals surface area contributed by atoms with Crippen molar-refractivity contribution in [1.82, 2.24) is 9.97 Å². The third-order valence-electron chi connectivity index (χ3n) is 4.24. The number of benzene rings is 1. The summed E-state index contributed by atoms with van der Waals surface area (Å²) in [5.41, 5.74) is 2.67. The second kappa shape index (κ2) is 6.57. The number of hydrogen-bond acceptors (Lipinski definition) is 5. The molecule has 0 atom stereocenters. The molecule has 0 saturated carbocycles. The van der Waals surface area contributed by atoms with E-state index in [0.717, 1.165) is 43.3 Å². The second-order valence-corrected chi connectivity index (χ2v) is 6.48. The van der Waals surface area contributed by atoms with Gasteiger partial charge in [0.15, 0.2) is 0 Å². The molecule has 0 bridgehead atoms. The van der Waals surface area contributed by atoms with Crippen LogP contribution in [-0.2, 0) is 0 Å². The summed E-state index contributed by atoms with van der Waals surface area (Å²) in [6.07, 6.45) is 3.59. The van der Waals surface area contributed by atoms with E-state index in [0.29, 0.717) is 5.69 Å². The first kappa shape index (κ1) is 15.1. The van der Waals surface area contributed by atoms with Crippen molar-refractivity contribution < 1.29 is 4.39 Å². The Morgan fingerprint density at radius 3 is 2.50 bits per heavy atom. The van der Waals surface area contributed by atoms with Gasteiger partial charge in [0.2, 0.25) is 0 Å². The maximum absolute atomic E-state index is 13.9. The van der Waals surface area contributed by atoms with Gasteiger partial charge >= 0.3 is 0 Å². The van der Waals surface area contributed by atoms with Crippen LogP contribution in [0.5, 0.6) is 0 Å². The Morgan fingerprint density at radius 2 is 1.75 bits per heavy atom. The molecular weight excluding hydrogens is 323 g/mol. The van der Waals surface area contributed by atoms with Crippen LogP contribution in [0.1, 0.15) is 0 Å². The van der Waals surface area contributed by atoms with Crippen LogP contribution in [0.15, 0.2) is 53.5 Å². The standard InChI is InChI=1S/C18H17FN4S/c19-15-3-1-2-4-17(15)22-6-8-23(9-7-22)18-12-20-11-16(21-18)14-5-10-24-13-14/h1-5,10-13H,6-9H2. The first-order chi connectivity index (χ1) is 11.8. The van der Waals surface area contributed by atoms with Crippen LogP contribution in [0.3, 0.4) is 0 Å². The summed E-state index contributed by atoms with van der Waals surface area (Å²) >= 11 is 1.65. The van der Waals surface area contributed by atoms with Gasteiger partial charge in [-0.15, -0.1) is 0 Å².